The number of carboxylic acid groups (broad SMARTS) is 1. The van der Waals surface area contributed by atoms with Crippen molar-refractivity contribution in [3.8, 4) is 0 Å². The maximum absolute atomic E-state index is 10.3. The van der Waals surface area contributed by atoms with Crippen molar-refractivity contribution in [3.05, 3.63) is 0 Å². The van der Waals surface area contributed by atoms with Gasteiger partial charge >= 0.3 is 5.97 Å². The summed E-state index contributed by atoms with van der Waals surface area (Å²) in [5.74, 6) is -1.04. The Labute approximate surface area is 81.7 Å². The number of aliphatic carboxylic acids is 1. The van der Waals surface area contributed by atoms with Crippen molar-refractivity contribution in [2.45, 2.75) is 25.3 Å². The van der Waals surface area contributed by atoms with Crippen LogP contribution in [-0.2, 0) is 4.79 Å². The van der Waals surface area contributed by atoms with Crippen molar-refractivity contribution in [3.63, 3.8) is 0 Å². The second-order valence-corrected chi connectivity index (χ2v) is 2.30. The summed E-state index contributed by atoms with van der Waals surface area (Å²) in [7, 11) is 0. The van der Waals surface area contributed by atoms with Gasteiger partial charge in [0.25, 0.3) is 0 Å². The van der Waals surface area contributed by atoms with E-state index in [1.807, 2.05) is 0 Å². The van der Waals surface area contributed by atoms with E-state index in [4.69, 9.17) is 16.0 Å². The summed E-state index contributed by atoms with van der Waals surface area (Å²) in [6.07, 6.45) is 1.90. The molecule has 74 valence electrons. The molecule has 0 heterocycles. The highest BCUT2D eigenvalue weighted by molar-refractivity contribution is 8.93. The molecule has 0 aromatic rings. The van der Waals surface area contributed by atoms with Gasteiger partial charge < -0.3 is 16.0 Å². The molecule has 1 atom stereocenters. The number of nitrogens with one attached hydrogen (secondary N) is 1. The highest BCUT2D eigenvalue weighted by atomic mass is 79.9. The number of unbranched alkanes of at least 4 members (excludes halogenated alkanes) is 1. The van der Waals surface area contributed by atoms with Gasteiger partial charge in [0.2, 0.25) is 0 Å². The van der Waals surface area contributed by atoms with Crippen LogP contribution in [0.25, 0.3) is 0 Å². The summed E-state index contributed by atoms with van der Waals surface area (Å²) >= 11 is 0. The normalized spacial score (nSPS) is 11.8. The average molecular weight is 243 g/mol. The van der Waals surface area contributed by atoms with E-state index in [0.29, 0.717) is 19.4 Å². The first-order chi connectivity index (χ1) is 5.22. The third kappa shape index (κ3) is 6.53. The van der Waals surface area contributed by atoms with Crippen LogP contribution >= 0.6 is 17.0 Å². The molecule has 0 aliphatic heterocycles. The van der Waals surface area contributed by atoms with Gasteiger partial charge in [-0.05, 0) is 25.8 Å². The topological polar surface area (TPSA) is 95.6 Å². The molecular formula is C6H15BrN2O3. The van der Waals surface area contributed by atoms with Crippen LogP contribution in [-0.4, -0.2) is 28.9 Å². The molecule has 0 aromatic carbocycles. The highest BCUT2D eigenvalue weighted by Crippen LogP contribution is 1.99. The maximum Gasteiger partial charge on any atom is 0.323 e. The van der Waals surface area contributed by atoms with E-state index in [9.17, 15) is 4.79 Å². The summed E-state index contributed by atoms with van der Waals surface area (Å²) in [6.45, 7) is 0.553. The molecule has 5 nitrogen and oxygen atoms in total. The van der Waals surface area contributed by atoms with Gasteiger partial charge in [0, 0.05) is 0 Å². The van der Waals surface area contributed by atoms with Crippen LogP contribution < -0.4 is 11.2 Å². The maximum atomic E-state index is 10.3. The summed E-state index contributed by atoms with van der Waals surface area (Å²) in [5.41, 5.74) is 6.92. The molecular weight excluding hydrogens is 228 g/mol. The molecule has 5 N–H and O–H groups in total. The van der Waals surface area contributed by atoms with Gasteiger partial charge in [-0.25, -0.2) is 0 Å². The van der Waals surface area contributed by atoms with Crippen LogP contribution in [0.15, 0.2) is 0 Å². The van der Waals surface area contributed by atoms with Crippen LogP contribution in [0.3, 0.4) is 0 Å². The lowest BCUT2D eigenvalue weighted by molar-refractivity contribution is -0.142. The fraction of sp³-hybridized carbons (Fsp3) is 0.833. The smallest absolute Gasteiger partial charge is 0.323 e. The molecule has 0 saturated heterocycles. The molecule has 0 amide bonds. The molecule has 0 spiro atoms. The van der Waals surface area contributed by atoms with Gasteiger partial charge in [-0.1, -0.05) is 0 Å². The van der Waals surface area contributed by atoms with E-state index >= 15 is 0 Å². The second kappa shape index (κ2) is 8.92. The largest absolute Gasteiger partial charge is 0.480 e. The number of carboxylic acids is 1. The molecule has 12 heavy (non-hydrogen) atoms. The fourth-order valence-electron chi connectivity index (χ4n) is 0.736. The second-order valence-electron chi connectivity index (χ2n) is 2.30. The Kier molecular flexibility index (Phi) is 10.7. The Morgan fingerprint density at radius 2 is 2.08 bits per heavy atom. The Hall–Kier alpha value is -0.170. The fourth-order valence-corrected chi connectivity index (χ4v) is 0.736. The average Bonchev–Trinajstić information content (AvgIpc) is 1.97. The van der Waals surface area contributed by atoms with Crippen LogP contribution in [0.2, 0.25) is 0 Å². The molecule has 0 aliphatic carbocycles. The van der Waals surface area contributed by atoms with Gasteiger partial charge in [0.15, 0.2) is 0 Å². The molecule has 0 aliphatic rings. The highest BCUT2D eigenvalue weighted by Gasteiger charge is 2.14. The number of halogens is 1. The zero-order valence-electron chi connectivity index (χ0n) is 6.69. The van der Waals surface area contributed by atoms with E-state index in [2.05, 4.69) is 0 Å². The van der Waals surface area contributed by atoms with Crippen LogP contribution in [0, 0.1) is 0 Å². The van der Waals surface area contributed by atoms with Crippen molar-refractivity contribution in [2.24, 2.45) is 5.73 Å². The lowest BCUT2D eigenvalue weighted by atomic mass is 10.1. The Morgan fingerprint density at radius 3 is 2.42 bits per heavy atom. The first kappa shape index (κ1) is 14.4. The molecule has 0 saturated carbocycles. The van der Waals surface area contributed by atoms with Gasteiger partial charge in [-0.15, -0.1) is 17.0 Å². The SMILES string of the molecule is Br.NCCCCC(NO)C(=O)O. The van der Waals surface area contributed by atoms with Crippen molar-refractivity contribution in [1.82, 2.24) is 5.48 Å². The van der Waals surface area contributed by atoms with Gasteiger partial charge in [-0.2, -0.15) is 5.48 Å². The summed E-state index contributed by atoms with van der Waals surface area (Å²) in [6, 6.07) is -0.860. The van der Waals surface area contributed by atoms with Gasteiger partial charge in [0.1, 0.15) is 6.04 Å². The molecule has 0 aromatic heterocycles. The minimum atomic E-state index is -1.04. The van der Waals surface area contributed by atoms with Crippen LogP contribution in [0.5, 0.6) is 0 Å². The van der Waals surface area contributed by atoms with Crippen molar-refractivity contribution in [2.75, 3.05) is 6.54 Å². The predicted molar refractivity (Wildman–Crippen MR) is 49.6 cm³/mol. The number of carbonyl (C=O) groups is 1. The lowest BCUT2D eigenvalue weighted by Crippen LogP contribution is -2.34. The summed E-state index contributed by atoms with van der Waals surface area (Å²) in [4.78, 5) is 10.3. The Bertz CT molecular complexity index is 123. The number of nitrogens with two attached hydrogens (primary N) is 1. The van der Waals surface area contributed by atoms with Crippen molar-refractivity contribution >= 4 is 23.0 Å². The monoisotopic (exact) mass is 242 g/mol. The van der Waals surface area contributed by atoms with Gasteiger partial charge in [-0.3, -0.25) is 4.79 Å². The first-order valence-corrected chi connectivity index (χ1v) is 3.55. The lowest BCUT2D eigenvalue weighted by Gasteiger charge is -2.08. The van der Waals surface area contributed by atoms with E-state index in [0.717, 1.165) is 6.42 Å². The minimum absolute atomic E-state index is 0. The quantitative estimate of drug-likeness (QED) is 0.392. The Balaban J connectivity index is 0. The molecule has 0 bridgehead atoms. The molecule has 6 heteroatoms. The molecule has 1 unspecified atom stereocenters. The number of hydroxylamine groups is 1. The number of rotatable bonds is 6. The molecule has 0 fully saturated rings. The van der Waals surface area contributed by atoms with Crippen LogP contribution in [0.4, 0.5) is 0 Å². The van der Waals surface area contributed by atoms with Crippen molar-refractivity contribution in [1.29, 1.82) is 0 Å². The number of hydrogen-bond acceptors (Lipinski definition) is 4. The third-order valence-electron chi connectivity index (χ3n) is 1.40. The predicted octanol–water partition coefficient (Wildman–Crippen LogP) is 0.125. The van der Waals surface area contributed by atoms with Crippen molar-refractivity contribution < 1.29 is 15.1 Å². The minimum Gasteiger partial charge on any atom is -0.480 e. The zero-order valence-corrected chi connectivity index (χ0v) is 8.41. The number of hydrogen-bond donors (Lipinski definition) is 4. The van der Waals surface area contributed by atoms with E-state index in [-0.39, 0.29) is 17.0 Å². The molecule has 0 rings (SSSR count). The first-order valence-electron chi connectivity index (χ1n) is 3.55. The standard InChI is InChI=1S/C6H14N2O3.BrH/c7-4-2-1-3-5(8-11)6(9)10;/h5,8,11H,1-4,7H2,(H,9,10);1H. The zero-order chi connectivity index (χ0) is 8.69. The third-order valence-corrected chi connectivity index (χ3v) is 1.40. The summed E-state index contributed by atoms with van der Waals surface area (Å²) in [5, 5.41) is 16.8. The van der Waals surface area contributed by atoms with E-state index < -0.39 is 12.0 Å². The molecule has 0 radical (unpaired) electrons. The van der Waals surface area contributed by atoms with E-state index in [1.54, 1.807) is 5.48 Å². The van der Waals surface area contributed by atoms with Gasteiger partial charge in [0.05, 0.1) is 0 Å². The Morgan fingerprint density at radius 1 is 1.50 bits per heavy atom. The van der Waals surface area contributed by atoms with Crippen LogP contribution in [0.1, 0.15) is 19.3 Å². The van der Waals surface area contributed by atoms with E-state index in [1.165, 1.54) is 0 Å². The summed E-state index contributed by atoms with van der Waals surface area (Å²) < 4.78 is 0.